The lowest BCUT2D eigenvalue weighted by Crippen LogP contribution is -2.66. The van der Waals surface area contributed by atoms with Crippen LogP contribution in [0, 0.1) is 50.2 Å². The number of aliphatic carboxylic acids is 1. The number of phenols is 2. The summed E-state index contributed by atoms with van der Waals surface area (Å²) in [5.41, 5.74) is -0.228. The average Bonchev–Trinajstić information content (AvgIpc) is 2.98. The SMILES string of the molecule is CC1(C)CC[C@]2(C(=O)O)CC[C@]3(COC(=O)/C=C/c4ccc(O)c(O)c4)C(=CC[C@@H]4[C@@]5(C)CCC(=O)C(C)(C)[C@@H]5CC[C@]43C)[C@@H]2C1. The van der Waals surface area contributed by atoms with E-state index in [1.165, 1.54) is 23.8 Å². The van der Waals surface area contributed by atoms with Gasteiger partial charge in [0.2, 0.25) is 0 Å². The van der Waals surface area contributed by atoms with Gasteiger partial charge in [0.1, 0.15) is 12.4 Å². The Morgan fingerprint density at radius 3 is 2.35 bits per heavy atom. The Labute approximate surface area is 273 Å². The topological polar surface area (TPSA) is 121 Å². The molecule has 7 heteroatoms. The largest absolute Gasteiger partial charge is 0.504 e. The van der Waals surface area contributed by atoms with Crippen LogP contribution in [-0.2, 0) is 19.1 Å². The van der Waals surface area contributed by atoms with E-state index in [4.69, 9.17) is 4.74 Å². The number of esters is 1. The maximum Gasteiger partial charge on any atom is 0.330 e. The molecule has 0 heterocycles. The molecule has 4 saturated carbocycles. The fraction of sp³-hybridized carbons (Fsp3) is 0.667. The molecule has 0 aliphatic heterocycles. The highest BCUT2D eigenvalue weighted by Crippen LogP contribution is 2.75. The number of aromatic hydroxyl groups is 2. The number of hydrogen-bond acceptors (Lipinski definition) is 6. The number of benzene rings is 1. The van der Waals surface area contributed by atoms with Gasteiger partial charge in [-0.1, -0.05) is 59.3 Å². The van der Waals surface area contributed by atoms with Crippen molar-refractivity contribution in [3.63, 3.8) is 0 Å². The van der Waals surface area contributed by atoms with Gasteiger partial charge in [-0.15, -0.1) is 0 Å². The molecule has 6 rings (SSSR count). The Bertz CT molecular complexity index is 1520. The fourth-order valence-electron chi connectivity index (χ4n) is 11.6. The van der Waals surface area contributed by atoms with E-state index in [0.29, 0.717) is 37.0 Å². The number of carbonyl (C=O) groups excluding carboxylic acids is 2. The van der Waals surface area contributed by atoms with Crippen LogP contribution < -0.4 is 0 Å². The summed E-state index contributed by atoms with van der Waals surface area (Å²) in [5, 5.41) is 30.3. The van der Waals surface area contributed by atoms with Crippen LogP contribution in [0.15, 0.2) is 35.9 Å². The summed E-state index contributed by atoms with van der Waals surface area (Å²) in [6.07, 6.45) is 13.0. The predicted molar refractivity (Wildman–Crippen MR) is 176 cm³/mol. The van der Waals surface area contributed by atoms with E-state index in [1.807, 2.05) is 0 Å². The highest BCUT2D eigenvalue weighted by Gasteiger charge is 2.71. The van der Waals surface area contributed by atoms with Crippen molar-refractivity contribution in [3.8, 4) is 11.5 Å². The van der Waals surface area contributed by atoms with Gasteiger partial charge >= 0.3 is 11.9 Å². The summed E-state index contributed by atoms with van der Waals surface area (Å²) < 4.78 is 6.20. The zero-order valence-electron chi connectivity index (χ0n) is 28.4. The van der Waals surface area contributed by atoms with Crippen molar-refractivity contribution in [2.75, 3.05) is 6.61 Å². The van der Waals surface area contributed by atoms with Crippen molar-refractivity contribution in [2.24, 2.45) is 50.2 Å². The number of carbonyl (C=O) groups is 3. The summed E-state index contributed by atoms with van der Waals surface area (Å²) >= 11 is 0. The summed E-state index contributed by atoms with van der Waals surface area (Å²) in [6.45, 7) is 13.7. The zero-order valence-corrected chi connectivity index (χ0v) is 28.4. The number of ether oxygens (including phenoxy) is 1. The third kappa shape index (κ3) is 4.69. The Morgan fingerprint density at radius 2 is 1.65 bits per heavy atom. The van der Waals surface area contributed by atoms with Crippen LogP contribution in [0.4, 0.5) is 0 Å². The number of ketones is 1. The van der Waals surface area contributed by atoms with E-state index in [1.54, 1.807) is 12.1 Å². The van der Waals surface area contributed by atoms with Gasteiger partial charge in [-0.2, -0.15) is 0 Å². The minimum Gasteiger partial charge on any atom is -0.504 e. The maximum absolute atomic E-state index is 13.3. The van der Waals surface area contributed by atoms with Gasteiger partial charge in [0, 0.05) is 23.3 Å². The Morgan fingerprint density at radius 1 is 0.935 bits per heavy atom. The number of carboxylic acids is 1. The monoisotopic (exact) mass is 632 g/mol. The molecular formula is C39H52O7. The number of phenolic OH excluding ortho intramolecular Hbond substituents is 2. The first kappa shape index (κ1) is 32.8. The molecule has 0 unspecified atom stereocenters. The first-order valence-corrected chi connectivity index (χ1v) is 17.3. The van der Waals surface area contributed by atoms with Crippen LogP contribution in [0.3, 0.4) is 0 Å². The van der Waals surface area contributed by atoms with Crippen molar-refractivity contribution in [1.29, 1.82) is 0 Å². The average molecular weight is 633 g/mol. The van der Waals surface area contributed by atoms with E-state index in [0.717, 1.165) is 38.5 Å². The molecule has 0 saturated heterocycles. The van der Waals surface area contributed by atoms with E-state index < -0.39 is 22.8 Å². The van der Waals surface area contributed by atoms with Crippen LogP contribution >= 0.6 is 0 Å². The second-order valence-corrected chi connectivity index (χ2v) is 17.3. The van der Waals surface area contributed by atoms with Gasteiger partial charge in [-0.05, 0) is 116 Å². The molecule has 46 heavy (non-hydrogen) atoms. The smallest absolute Gasteiger partial charge is 0.330 e. The lowest BCUT2D eigenvalue weighted by atomic mass is 9.33. The third-order valence-corrected chi connectivity index (χ3v) is 14.4. The van der Waals surface area contributed by atoms with Crippen LogP contribution in [-0.4, -0.2) is 39.6 Å². The summed E-state index contributed by atoms with van der Waals surface area (Å²) in [4.78, 5) is 39.7. The molecular weight excluding hydrogens is 580 g/mol. The minimum absolute atomic E-state index is 0.0117. The summed E-state index contributed by atoms with van der Waals surface area (Å²) in [6, 6.07) is 4.37. The van der Waals surface area contributed by atoms with Crippen molar-refractivity contribution in [3.05, 3.63) is 41.5 Å². The van der Waals surface area contributed by atoms with Crippen molar-refractivity contribution in [2.45, 2.75) is 106 Å². The highest BCUT2D eigenvalue weighted by atomic mass is 16.5. The first-order chi connectivity index (χ1) is 21.4. The Balaban J connectivity index is 1.41. The van der Waals surface area contributed by atoms with Crippen LogP contribution in [0.2, 0.25) is 0 Å². The first-order valence-electron chi connectivity index (χ1n) is 17.3. The normalized spacial score (nSPS) is 39.3. The molecule has 0 spiro atoms. The van der Waals surface area contributed by atoms with Crippen LogP contribution in [0.25, 0.3) is 6.08 Å². The van der Waals surface area contributed by atoms with Gasteiger partial charge < -0.3 is 20.1 Å². The fourth-order valence-corrected chi connectivity index (χ4v) is 11.6. The minimum atomic E-state index is -0.806. The van der Waals surface area contributed by atoms with E-state index in [-0.39, 0.29) is 57.5 Å². The number of fused-ring (bicyclic) bond motifs is 7. The standard InChI is InChI=1S/C39H52O7/c1-34(2)17-18-38(33(44)45)19-20-39(23-46-32(43)12-8-24-7-10-27(40)28(41)21-24)25(26(38)22-34)9-11-30-36(5)15-14-31(42)35(3,4)29(36)13-16-37(30,39)6/h7-10,12,21,26,29-30,40-41H,11,13-20,22-23H2,1-6H3,(H,44,45)/b12-8+/t26-,29-,30+,36-,37+,38-,39-/m0/s1. The van der Waals surface area contributed by atoms with Gasteiger partial charge in [-0.3, -0.25) is 9.59 Å². The predicted octanol–water partition coefficient (Wildman–Crippen LogP) is 8.09. The van der Waals surface area contributed by atoms with Gasteiger partial charge in [0.05, 0.1) is 5.41 Å². The number of hydrogen-bond donors (Lipinski definition) is 3. The molecule has 3 N–H and O–H groups in total. The molecule has 0 bridgehead atoms. The van der Waals surface area contributed by atoms with Gasteiger partial charge in [0.25, 0.3) is 0 Å². The summed E-state index contributed by atoms with van der Waals surface area (Å²) in [7, 11) is 0. The molecule has 7 nitrogen and oxygen atoms in total. The van der Waals surface area contributed by atoms with Crippen LogP contribution in [0.5, 0.6) is 11.5 Å². The molecule has 5 aliphatic rings. The van der Waals surface area contributed by atoms with E-state index in [9.17, 15) is 29.7 Å². The Hall–Kier alpha value is -3.09. The highest BCUT2D eigenvalue weighted by molar-refractivity contribution is 5.87. The molecule has 7 atom stereocenters. The van der Waals surface area contributed by atoms with Crippen molar-refractivity contribution >= 4 is 23.8 Å². The van der Waals surface area contributed by atoms with Crippen molar-refractivity contribution < 1.29 is 34.4 Å². The molecule has 250 valence electrons. The molecule has 5 aliphatic carbocycles. The number of Topliss-reactive ketones (excluding diaryl/α,β-unsaturated/α-hetero) is 1. The van der Waals surface area contributed by atoms with Gasteiger partial charge in [-0.25, -0.2) is 4.79 Å². The van der Waals surface area contributed by atoms with Gasteiger partial charge in [0.15, 0.2) is 11.5 Å². The van der Waals surface area contributed by atoms with Crippen LogP contribution in [0.1, 0.15) is 111 Å². The second kappa shape index (κ2) is 10.7. The lowest BCUT2D eigenvalue weighted by Gasteiger charge is -2.70. The van der Waals surface area contributed by atoms with Crippen molar-refractivity contribution in [1.82, 2.24) is 0 Å². The number of carboxylic acid groups (broad SMARTS) is 1. The Kier molecular flexibility index (Phi) is 7.65. The lowest BCUT2D eigenvalue weighted by molar-refractivity contribution is -0.202. The maximum atomic E-state index is 13.3. The molecule has 1 aromatic carbocycles. The van der Waals surface area contributed by atoms with E-state index in [2.05, 4.69) is 47.6 Å². The van der Waals surface area contributed by atoms with E-state index >= 15 is 0 Å². The third-order valence-electron chi connectivity index (χ3n) is 14.4. The second-order valence-electron chi connectivity index (χ2n) is 17.3. The molecule has 0 amide bonds. The number of rotatable bonds is 5. The molecule has 0 radical (unpaired) electrons. The molecule has 1 aromatic rings. The zero-order chi connectivity index (χ0) is 33.5. The molecule has 4 fully saturated rings. The number of allylic oxidation sites excluding steroid dienone is 1. The molecule has 0 aromatic heterocycles. The quantitative estimate of drug-likeness (QED) is 0.130. The summed E-state index contributed by atoms with van der Waals surface area (Å²) in [5.74, 6) is -0.896.